The summed E-state index contributed by atoms with van der Waals surface area (Å²) < 4.78 is 5.11. The van der Waals surface area contributed by atoms with Gasteiger partial charge in [0.25, 0.3) is 5.91 Å². The summed E-state index contributed by atoms with van der Waals surface area (Å²) in [4.78, 5) is 12.3. The molecule has 0 unspecified atom stereocenters. The standard InChI is InChI=1S/C15H17ClN4O2.ClH/c1-22-13-3-2-9(6-11(13)16)7-18-15(21)14-10-8-17-5-4-12(10)19-20-14;/h2-3,6,17H,4-5,7-8H2,1H3,(H,18,21)(H,19,20);1H. The first-order valence-electron chi connectivity index (χ1n) is 7.06. The molecule has 8 heteroatoms. The largest absolute Gasteiger partial charge is 0.495 e. The highest BCUT2D eigenvalue weighted by molar-refractivity contribution is 6.32. The molecule has 23 heavy (non-hydrogen) atoms. The zero-order chi connectivity index (χ0) is 15.5. The Morgan fingerprint density at radius 2 is 2.30 bits per heavy atom. The molecular weight excluding hydrogens is 339 g/mol. The lowest BCUT2D eigenvalue weighted by atomic mass is 10.1. The number of carbonyl (C=O) groups is 1. The Morgan fingerprint density at radius 3 is 3.04 bits per heavy atom. The molecule has 3 N–H and O–H groups in total. The summed E-state index contributed by atoms with van der Waals surface area (Å²) in [5, 5.41) is 13.7. The Morgan fingerprint density at radius 1 is 1.48 bits per heavy atom. The fourth-order valence-corrected chi connectivity index (χ4v) is 2.78. The highest BCUT2D eigenvalue weighted by atomic mass is 35.5. The number of carbonyl (C=O) groups excluding carboxylic acids is 1. The summed E-state index contributed by atoms with van der Waals surface area (Å²) in [5.41, 5.74) is 3.36. The van der Waals surface area contributed by atoms with Crippen molar-refractivity contribution in [1.29, 1.82) is 0 Å². The second-order valence-electron chi connectivity index (χ2n) is 5.11. The van der Waals surface area contributed by atoms with E-state index in [0.717, 1.165) is 29.8 Å². The quantitative estimate of drug-likeness (QED) is 0.783. The number of rotatable bonds is 4. The first kappa shape index (κ1) is 17.6. The number of ether oxygens (including phenoxy) is 1. The summed E-state index contributed by atoms with van der Waals surface area (Å²) in [5.74, 6) is 0.428. The van der Waals surface area contributed by atoms with E-state index in [4.69, 9.17) is 16.3 Å². The Labute approximate surface area is 145 Å². The molecule has 0 atom stereocenters. The molecule has 0 spiro atoms. The number of halogens is 2. The molecule has 0 saturated heterocycles. The van der Waals surface area contributed by atoms with Gasteiger partial charge in [0.1, 0.15) is 5.75 Å². The Hall–Kier alpha value is -1.76. The lowest BCUT2D eigenvalue weighted by Gasteiger charge is -2.13. The number of nitrogens with zero attached hydrogens (tertiary/aromatic N) is 1. The van der Waals surface area contributed by atoms with Crippen molar-refractivity contribution in [3.8, 4) is 5.75 Å². The van der Waals surface area contributed by atoms with Gasteiger partial charge in [-0.25, -0.2) is 0 Å². The highest BCUT2D eigenvalue weighted by Crippen LogP contribution is 2.24. The maximum Gasteiger partial charge on any atom is 0.272 e. The van der Waals surface area contributed by atoms with E-state index in [1.807, 2.05) is 6.07 Å². The Kier molecular flexibility index (Phi) is 5.87. The minimum absolute atomic E-state index is 0. The summed E-state index contributed by atoms with van der Waals surface area (Å²) >= 11 is 6.08. The lowest BCUT2D eigenvalue weighted by Crippen LogP contribution is -2.28. The van der Waals surface area contributed by atoms with Crippen molar-refractivity contribution < 1.29 is 9.53 Å². The number of H-pyrrole nitrogens is 1. The molecule has 0 fully saturated rings. The van der Waals surface area contributed by atoms with Crippen LogP contribution in [0.3, 0.4) is 0 Å². The normalized spacial score (nSPS) is 13.0. The molecule has 0 aliphatic carbocycles. The lowest BCUT2D eigenvalue weighted by molar-refractivity contribution is 0.0944. The first-order valence-corrected chi connectivity index (χ1v) is 7.44. The number of methoxy groups -OCH3 is 1. The monoisotopic (exact) mass is 356 g/mol. The topological polar surface area (TPSA) is 79.0 Å². The van der Waals surface area contributed by atoms with E-state index in [1.165, 1.54) is 0 Å². The van der Waals surface area contributed by atoms with Gasteiger partial charge in [0, 0.05) is 37.3 Å². The molecule has 1 aliphatic heterocycles. The van der Waals surface area contributed by atoms with E-state index in [9.17, 15) is 4.79 Å². The van der Waals surface area contributed by atoms with Crippen molar-refractivity contribution in [1.82, 2.24) is 20.8 Å². The second-order valence-corrected chi connectivity index (χ2v) is 5.51. The van der Waals surface area contributed by atoms with E-state index in [2.05, 4.69) is 20.8 Å². The van der Waals surface area contributed by atoms with E-state index in [0.29, 0.717) is 29.6 Å². The molecule has 6 nitrogen and oxygen atoms in total. The van der Waals surface area contributed by atoms with Crippen molar-refractivity contribution in [3.05, 3.63) is 45.7 Å². The number of benzene rings is 1. The molecule has 1 aromatic heterocycles. The molecule has 3 rings (SSSR count). The van der Waals surface area contributed by atoms with Crippen LogP contribution in [0.25, 0.3) is 0 Å². The van der Waals surface area contributed by atoms with Crippen LogP contribution >= 0.6 is 24.0 Å². The predicted octanol–water partition coefficient (Wildman–Crippen LogP) is 2.07. The maximum absolute atomic E-state index is 12.3. The molecule has 124 valence electrons. The molecule has 0 saturated carbocycles. The van der Waals surface area contributed by atoms with Crippen molar-refractivity contribution in [2.45, 2.75) is 19.5 Å². The smallest absolute Gasteiger partial charge is 0.272 e. The number of hydrogen-bond donors (Lipinski definition) is 3. The highest BCUT2D eigenvalue weighted by Gasteiger charge is 2.21. The van der Waals surface area contributed by atoms with E-state index in [-0.39, 0.29) is 18.3 Å². The summed E-state index contributed by atoms with van der Waals surface area (Å²) in [6.07, 6.45) is 0.865. The van der Waals surface area contributed by atoms with E-state index < -0.39 is 0 Å². The van der Waals surface area contributed by atoms with Gasteiger partial charge >= 0.3 is 0 Å². The number of nitrogens with one attached hydrogen (secondary N) is 3. The summed E-state index contributed by atoms with van der Waals surface area (Å²) in [7, 11) is 1.57. The molecule has 1 aromatic carbocycles. The second kappa shape index (κ2) is 7.68. The molecule has 2 aromatic rings. The van der Waals surface area contributed by atoms with Crippen LogP contribution in [0.1, 0.15) is 27.3 Å². The number of amides is 1. The van der Waals surface area contributed by atoms with Crippen LogP contribution in [0, 0.1) is 0 Å². The van der Waals surface area contributed by atoms with Crippen LogP contribution in [0.4, 0.5) is 0 Å². The Bertz CT molecular complexity index is 703. The molecular formula is C15H18Cl2N4O2. The zero-order valence-corrected chi connectivity index (χ0v) is 14.2. The number of aromatic nitrogens is 2. The van der Waals surface area contributed by atoms with Gasteiger partial charge in [-0.05, 0) is 17.7 Å². The van der Waals surface area contributed by atoms with Crippen LogP contribution in [0.15, 0.2) is 18.2 Å². The van der Waals surface area contributed by atoms with Crippen molar-refractivity contribution in [3.63, 3.8) is 0 Å². The number of aromatic amines is 1. The van der Waals surface area contributed by atoms with Crippen LogP contribution in [0.5, 0.6) is 5.75 Å². The van der Waals surface area contributed by atoms with Gasteiger partial charge in [0.05, 0.1) is 12.1 Å². The average Bonchev–Trinajstić information content (AvgIpc) is 2.97. The van der Waals surface area contributed by atoms with Crippen molar-refractivity contribution in [2.75, 3.05) is 13.7 Å². The van der Waals surface area contributed by atoms with Crippen LogP contribution < -0.4 is 15.4 Å². The number of fused-ring (bicyclic) bond motifs is 1. The van der Waals surface area contributed by atoms with Crippen LogP contribution in [0.2, 0.25) is 5.02 Å². The Balaban J connectivity index is 0.00000192. The predicted molar refractivity (Wildman–Crippen MR) is 90.4 cm³/mol. The third-order valence-corrected chi connectivity index (χ3v) is 3.99. The van der Waals surface area contributed by atoms with E-state index >= 15 is 0 Å². The SMILES string of the molecule is COc1ccc(CNC(=O)c2n[nH]c3c2CNCC3)cc1Cl.Cl. The average molecular weight is 357 g/mol. The van der Waals surface area contributed by atoms with Crippen molar-refractivity contribution in [2.24, 2.45) is 0 Å². The first-order chi connectivity index (χ1) is 10.7. The fraction of sp³-hybridized carbons (Fsp3) is 0.333. The number of hydrogen-bond acceptors (Lipinski definition) is 4. The minimum Gasteiger partial charge on any atom is -0.495 e. The van der Waals surface area contributed by atoms with Gasteiger partial charge in [0.2, 0.25) is 0 Å². The molecule has 1 amide bonds. The third-order valence-electron chi connectivity index (χ3n) is 3.69. The van der Waals surface area contributed by atoms with E-state index in [1.54, 1.807) is 19.2 Å². The van der Waals surface area contributed by atoms with Gasteiger partial charge < -0.3 is 15.4 Å². The molecule has 2 heterocycles. The van der Waals surface area contributed by atoms with Crippen molar-refractivity contribution >= 4 is 29.9 Å². The molecule has 1 aliphatic rings. The van der Waals surface area contributed by atoms with Crippen LogP contribution in [-0.2, 0) is 19.5 Å². The fourth-order valence-electron chi connectivity index (χ4n) is 2.50. The summed E-state index contributed by atoms with van der Waals surface area (Å²) in [6.45, 7) is 1.96. The molecule has 0 radical (unpaired) electrons. The van der Waals surface area contributed by atoms with Gasteiger partial charge in [-0.3, -0.25) is 9.89 Å². The van der Waals surface area contributed by atoms with Gasteiger partial charge in [-0.15, -0.1) is 12.4 Å². The minimum atomic E-state index is -0.187. The zero-order valence-electron chi connectivity index (χ0n) is 12.6. The van der Waals surface area contributed by atoms with Crippen LogP contribution in [-0.4, -0.2) is 29.8 Å². The third kappa shape index (κ3) is 3.77. The van der Waals surface area contributed by atoms with Gasteiger partial charge in [0.15, 0.2) is 5.69 Å². The summed E-state index contributed by atoms with van der Waals surface area (Å²) in [6, 6.07) is 5.43. The maximum atomic E-state index is 12.3. The van der Waals surface area contributed by atoms with Gasteiger partial charge in [-0.1, -0.05) is 17.7 Å². The molecule has 0 bridgehead atoms. The van der Waals surface area contributed by atoms with Gasteiger partial charge in [-0.2, -0.15) is 5.10 Å².